The van der Waals surface area contributed by atoms with Crippen LogP contribution in [0.25, 0.3) is 0 Å². The second kappa shape index (κ2) is 7.63. The van der Waals surface area contributed by atoms with E-state index in [4.69, 9.17) is 16.3 Å². The molecule has 0 saturated heterocycles. The first kappa shape index (κ1) is 18.9. The van der Waals surface area contributed by atoms with Crippen LogP contribution in [0.3, 0.4) is 0 Å². The topological polar surface area (TPSA) is 81.5 Å². The molecule has 1 amide bonds. The average Bonchev–Trinajstić information content (AvgIpc) is 2.59. The summed E-state index contributed by atoms with van der Waals surface area (Å²) in [6, 6.07) is 11.6. The van der Waals surface area contributed by atoms with E-state index in [0.29, 0.717) is 10.6 Å². The number of methoxy groups -OCH3 is 1. The molecule has 0 aliphatic carbocycles. The standard InChI is InChI=1S/C18H19ClN2O4/c1-12-15(8-5-9-16(12)21(23)24)17(22)20-11-18(2,25-3)13-6-4-7-14(19)10-13/h4-10H,11H2,1-3H3,(H,20,22). The number of halogens is 1. The highest BCUT2D eigenvalue weighted by Crippen LogP contribution is 2.27. The third kappa shape index (κ3) is 4.15. The molecule has 1 unspecified atom stereocenters. The zero-order valence-electron chi connectivity index (χ0n) is 14.2. The van der Waals surface area contributed by atoms with Crippen molar-refractivity contribution in [2.24, 2.45) is 0 Å². The molecule has 25 heavy (non-hydrogen) atoms. The summed E-state index contributed by atoms with van der Waals surface area (Å²) in [7, 11) is 1.55. The Morgan fingerprint density at radius 1 is 1.32 bits per heavy atom. The molecule has 0 bridgehead atoms. The molecule has 2 rings (SSSR count). The van der Waals surface area contributed by atoms with Crippen molar-refractivity contribution in [2.45, 2.75) is 19.4 Å². The highest BCUT2D eigenvalue weighted by Gasteiger charge is 2.28. The van der Waals surface area contributed by atoms with Gasteiger partial charge in [-0.15, -0.1) is 0 Å². The van der Waals surface area contributed by atoms with E-state index < -0.39 is 16.4 Å². The lowest BCUT2D eigenvalue weighted by molar-refractivity contribution is -0.385. The summed E-state index contributed by atoms with van der Waals surface area (Å²) in [4.78, 5) is 23.0. The van der Waals surface area contributed by atoms with E-state index in [-0.39, 0.29) is 17.8 Å². The fourth-order valence-corrected chi connectivity index (χ4v) is 2.71. The molecule has 0 saturated carbocycles. The predicted octanol–water partition coefficient (Wildman–Crippen LogP) is 3.85. The van der Waals surface area contributed by atoms with Gasteiger partial charge in [0.25, 0.3) is 11.6 Å². The summed E-state index contributed by atoms with van der Waals surface area (Å²) in [5.74, 6) is -0.397. The molecule has 0 aliphatic rings. The Hall–Kier alpha value is -2.44. The van der Waals surface area contributed by atoms with E-state index in [1.807, 2.05) is 19.1 Å². The van der Waals surface area contributed by atoms with Crippen LogP contribution in [-0.2, 0) is 10.3 Å². The van der Waals surface area contributed by atoms with Crippen LogP contribution in [0.5, 0.6) is 0 Å². The molecule has 0 heterocycles. The Balaban J connectivity index is 2.21. The average molecular weight is 363 g/mol. The molecule has 2 aromatic rings. The highest BCUT2D eigenvalue weighted by molar-refractivity contribution is 6.30. The third-order valence-corrected chi connectivity index (χ3v) is 4.45. The summed E-state index contributed by atoms with van der Waals surface area (Å²) in [5.41, 5.74) is 0.538. The zero-order chi connectivity index (χ0) is 18.6. The maximum absolute atomic E-state index is 12.5. The lowest BCUT2D eigenvalue weighted by Crippen LogP contribution is -2.40. The molecule has 0 fully saturated rings. The molecule has 1 N–H and O–H groups in total. The van der Waals surface area contributed by atoms with Gasteiger partial charge in [0, 0.05) is 29.3 Å². The molecule has 6 nitrogen and oxygen atoms in total. The van der Waals surface area contributed by atoms with Crippen molar-refractivity contribution in [1.82, 2.24) is 5.32 Å². The smallest absolute Gasteiger partial charge is 0.273 e. The number of rotatable bonds is 6. The van der Waals surface area contributed by atoms with Gasteiger partial charge in [-0.3, -0.25) is 14.9 Å². The number of nitrogens with one attached hydrogen (secondary N) is 1. The molecule has 132 valence electrons. The Morgan fingerprint density at radius 2 is 2.00 bits per heavy atom. The SMILES string of the molecule is COC(C)(CNC(=O)c1cccc([N+](=O)[O-])c1C)c1cccc(Cl)c1. The number of nitro groups is 1. The van der Waals surface area contributed by atoms with Gasteiger partial charge in [-0.05, 0) is 37.6 Å². The van der Waals surface area contributed by atoms with E-state index in [9.17, 15) is 14.9 Å². The Morgan fingerprint density at radius 3 is 2.60 bits per heavy atom. The van der Waals surface area contributed by atoms with E-state index >= 15 is 0 Å². The first-order chi connectivity index (χ1) is 11.8. The minimum atomic E-state index is -0.783. The van der Waals surface area contributed by atoms with Crippen molar-refractivity contribution >= 4 is 23.2 Å². The van der Waals surface area contributed by atoms with E-state index in [0.717, 1.165) is 5.56 Å². The lowest BCUT2D eigenvalue weighted by atomic mass is 9.95. The first-order valence-electron chi connectivity index (χ1n) is 7.62. The van der Waals surface area contributed by atoms with Crippen molar-refractivity contribution in [3.05, 3.63) is 74.3 Å². The van der Waals surface area contributed by atoms with Gasteiger partial charge in [-0.2, -0.15) is 0 Å². The van der Waals surface area contributed by atoms with Gasteiger partial charge in [-0.25, -0.2) is 0 Å². The number of hydrogen-bond acceptors (Lipinski definition) is 4. The van der Waals surface area contributed by atoms with Gasteiger partial charge in [-0.1, -0.05) is 29.8 Å². The van der Waals surface area contributed by atoms with E-state index in [1.54, 1.807) is 32.2 Å². The van der Waals surface area contributed by atoms with Gasteiger partial charge in [0.1, 0.15) is 5.60 Å². The van der Waals surface area contributed by atoms with E-state index in [1.165, 1.54) is 12.1 Å². The molecule has 0 aliphatic heterocycles. The van der Waals surface area contributed by atoms with Gasteiger partial charge < -0.3 is 10.1 Å². The number of carbonyl (C=O) groups excluding carboxylic acids is 1. The molecular weight excluding hydrogens is 344 g/mol. The van der Waals surface area contributed by atoms with Gasteiger partial charge in [0.15, 0.2) is 0 Å². The first-order valence-corrected chi connectivity index (χ1v) is 7.99. The quantitative estimate of drug-likeness (QED) is 0.625. The summed E-state index contributed by atoms with van der Waals surface area (Å²) in [6.07, 6.45) is 0. The van der Waals surface area contributed by atoms with Crippen molar-refractivity contribution in [2.75, 3.05) is 13.7 Å². The van der Waals surface area contributed by atoms with Crippen LogP contribution >= 0.6 is 11.6 Å². The molecule has 2 aromatic carbocycles. The van der Waals surface area contributed by atoms with Crippen LogP contribution in [0.4, 0.5) is 5.69 Å². The minimum Gasteiger partial charge on any atom is -0.372 e. The lowest BCUT2D eigenvalue weighted by Gasteiger charge is -2.29. The van der Waals surface area contributed by atoms with Crippen molar-refractivity contribution < 1.29 is 14.5 Å². The molecule has 1 atom stereocenters. The van der Waals surface area contributed by atoms with E-state index in [2.05, 4.69) is 5.32 Å². The molecule has 0 aromatic heterocycles. The fraction of sp³-hybridized carbons (Fsp3) is 0.278. The van der Waals surface area contributed by atoms with Crippen LogP contribution in [-0.4, -0.2) is 24.5 Å². The van der Waals surface area contributed by atoms with Crippen molar-refractivity contribution in [3.8, 4) is 0 Å². The molecule has 0 spiro atoms. The Kier molecular flexibility index (Phi) is 5.77. The van der Waals surface area contributed by atoms with Gasteiger partial charge in [0.2, 0.25) is 0 Å². The Bertz CT molecular complexity index is 809. The van der Waals surface area contributed by atoms with Crippen molar-refractivity contribution in [1.29, 1.82) is 0 Å². The summed E-state index contributed by atoms with van der Waals surface area (Å²) < 4.78 is 5.58. The highest BCUT2D eigenvalue weighted by atomic mass is 35.5. The predicted molar refractivity (Wildman–Crippen MR) is 96.0 cm³/mol. The fourth-order valence-electron chi connectivity index (χ4n) is 2.52. The number of nitrogens with zero attached hydrogens (tertiary/aromatic N) is 1. The third-order valence-electron chi connectivity index (χ3n) is 4.22. The number of ether oxygens (including phenoxy) is 1. The number of carbonyl (C=O) groups is 1. The zero-order valence-corrected chi connectivity index (χ0v) is 15.0. The second-order valence-electron chi connectivity index (χ2n) is 5.83. The maximum Gasteiger partial charge on any atom is 0.273 e. The van der Waals surface area contributed by atoms with Crippen LogP contribution < -0.4 is 5.32 Å². The van der Waals surface area contributed by atoms with Crippen molar-refractivity contribution in [3.63, 3.8) is 0 Å². The number of nitro benzene ring substituents is 1. The van der Waals surface area contributed by atoms with Gasteiger partial charge in [0.05, 0.1) is 11.5 Å². The largest absolute Gasteiger partial charge is 0.372 e. The summed E-state index contributed by atoms with van der Waals surface area (Å²) >= 11 is 6.03. The monoisotopic (exact) mass is 362 g/mol. The number of benzene rings is 2. The number of amides is 1. The van der Waals surface area contributed by atoms with Crippen LogP contribution in [0.2, 0.25) is 5.02 Å². The molecule has 0 radical (unpaired) electrons. The summed E-state index contributed by atoms with van der Waals surface area (Å²) in [5, 5.41) is 14.4. The molecule has 7 heteroatoms. The number of hydrogen-bond donors (Lipinski definition) is 1. The van der Waals surface area contributed by atoms with Crippen LogP contribution in [0.15, 0.2) is 42.5 Å². The normalized spacial score (nSPS) is 13.1. The van der Waals surface area contributed by atoms with Crippen LogP contribution in [0, 0.1) is 17.0 Å². The second-order valence-corrected chi connectivity index (χ2v) is 6.27. The molecular formula is C18H19ClN2O4. The van der Waals surface area contributed by atoms with Crippen LogP contribution in [0.1, 0.15) is 28.4 Å². The van der Waals surface area contributed by atoms with Gasteiger partial charge >= 0.3 is 0 Å². The summed E-state index contributed by atoms with van der Waals surface area (Å²) in [6.45, 7) is 3.57. The minimum absolute atomic E-state index is 0.0861. The maximum atomic E-state index is 12.5. The Labute approximate surface area is 150 Å².